The van der Waals surface area contributed by atoms with Gasteiger partial charge >= 0.3 is 0 Å². The van der Waals surface area contributed by atoms with Crippen LogP contribution in [0.15, 0.2) is 42.7 Å². The Morgan fingerprint density at radius 3 is 2.79 bits per heavy atom. The topological polar surface area (TPSA) is 39.1 Å². The molecule has 2 heterocycles. The largest absolute Gasteiger partial charge is 0.380 e. The molecule has 0 unspecified atom stereocenters. The molecule has 0 spiro atoms. The van der Waals surface area contributed by atoms with Crippen LogP contribution in [0.1, 0.15) is 12.5 Å². The molecule has 1 aromatic heterocycles. The number of benzene rings is 1. The standard InChI is InChI=1S/C15H19N3O/c1-15(11-19-12-15)10-16-7-13-8-17-18(9-13)14-5-3-2-4-6-14/h2-6,8-9,16H,7,10-12H2,1H3. The predicted octanol–water partition coefficient (Wildman–Crippen LogP) is 2.00. The average molecular weight is 257 g/mol. The fraction of sp³-hybridized carbons (Fsp3) is 0.400. The second-order valence-corrected chi connectivity index (χ2v) is 5.54. The number of para-hydroxylation sites is 1. The molecule has 0 aliphatic carbocycles. The maximum atomic E-state index is 5.25. The minimum Gasteiger partial charge on any atom is -0.380 e. The van der Waals surface area contributed by atoms with Crippen molar-refractivity contribution in [2.24, 2.45) is 5.41 Å². The summed E-state index contributed by atoms with van der Waals surface area (Å²) in [5.41, 5.74) is 2.61. The fourth-order valence-electron chi connectivity index (χ4n) is 2.23. The first-order valence-corrected chi connectivity index (χ1v) is 6.63. The molecule has 1 fully saturated rings. The summed E-state index contributed by atoms with van der Waals surface area (Å²) in [5, 5.41) is 7.86. The molecule has 2 aromatic rings. The van der Waals surface area contributed by atoms with Crippen molar-refractivity contribution >= 4 is 0 Å². The monoisotopic (exact) mass is 257 g/mol. The van der Waals surface area contributed by atoms with E-state index in [4.69, 9.17) is 4.74 Å². The highest BCUT2D eigenvalue weighted by Crippen LogP contribution is 2.25. The van der Waals surface area contributed by atoms with E-state index < -0.39 is 0 Å². The highest BCUT2D eigenvalue weighted by molar-refractivity contribution is 5.30. The zero-order chi connectivity index (χ0) is 13.1. The summed E-state index contributed by atoms with van der Waals surface area (Å²) < 4.78 is 7.15. The second kappa shape index (κ2) is 5.15. The van der Waals surface area contributed by atoms with Crippen LogP contribution in [-0.2, 0) is 11.3 Å². The van der Waals surface area contributed by atoms with Crippen molar-refractivity contribution in [3.8, 4) is 5.69 Å². The van der Waals surface area contributed by atoms with Gasteiger partial charge in [-0.05, 0) is 12.1 Å². The van der Waals surface area contributed by atoms with Crippen LogP contribution in [0.4, 0.5) is 0 Å². The third-order valence-electron chi connectivity index (χ3n) is 3.44. The van der Waals surface area contributed by atoms with E-state index in [0.29, 0.717) is 5.41 Å². The number of hydrogen-bond donors (Lipinski definition) is 1. The van der Waals surface area contributed by atoms with Crippen LogP contribution in [-0.4, -0.2) is 29.5 Å². The van der Waals surface area contributed by atoms with E-state index in [1.807, 2.05) is 29.1 Å². The van der Waals surface area contributed by atoms with E-state index in [0.717, 1.165) is 32.0 Å². The lowest BCUT2D eigenvalue weighted by Crippen LogP contribution is -2.47. The smallest absolute Gasteiger partial charge is 0.0645 e. The van der Waals surface area contributed by atoms with E-state index in [2.05, 4.69) is 35.7 Å². The van der Waals surface area contributed by atoms with Gasteiger partial charge in [-0.1, -0.05) is 25.1 Å². The molecule has 0 bridgehead atoms. The number of ether oxygens (including phenoxy) is 1. The van der Waals surface area contributed by atoms with E-state index in [-0.39, 0.29) is 0 Å². The van der Waals surface area contributed by atoms with Crippen molar-refractivity contribution < 1.29 is 4.74 Å². The Hall–Kier alpha value is -1.65. The lowest BCUT2D eigenvalue weighted by molar-refractivity contribution is -0.0991. The second-order valence-electron chi connectivity index (χ2n) is 5.54. The van der Waals surface area contributed by atoms with Gasteiger partial charge in [-0.3, -0.25) is 0 Å². The maximum Gasteiger partial charge on any atom is 0.0645 e. The fourth-order valence-corrected chi connectivity index (χ4v) is 2.23. The summed E-state index contributed by atoms with van der Waals surface area (Å²) in [4.78, 5) is 0. The van der Waals surface area contributed by atoms with Gasteiger partial charge in [-0.2, -0.15) is 5.10 Å². The summed E-state index contributed by atoms with van der Waals surface area (Å²) >= 11 is 0. The average Bonchev–Trinajstić information content (AvgIpc) is 2.87. The third kappa shape index (κ3) is 2.85. The number of aromatic nitrogens is 2. The number of nitrogens with zero attached hydrogens (tertiary/aromatic N) is 2. The van der Waals surface area contributed by atoms with Crippen molar-refractivity contribution in [2.75, 3.05) is 19.8 Å². The van der Waals surface area contributed by atoms with Gasteiger partial charge in [0.05, 0.1) is 25.1 Å². The Morgan fingerprint density at radius 2 is 2.11 bits per heavy atom. The van der Waals surface area contributed by atoms with Crippen molar-refractivity contribution in [1.82, 2.24) is 15.1 Å². The van der Waals surface area contributed by atoms with Gasteiger partial charge in [0, 0.05) is 30.3 Å². The van der Waals surface area contributed by atoms with Crippen LogP contribution in [0.25, 0.3) is 5.69 Å². The summed E-state index contributed by atoms with van der Waals surface area (Å²) in [7, 11) is 0. The molecule has 0 saturated carbocycles. The highest BCUT2D eigenvalue weighted by atomic mass is 16.5. The molecular formula is C15H19N3O. The Labute approximate surface area is 113 Å². The molecule has 1 saturated heterocycles. The normalized spacial score (nSPS) is 17.1. The SMILES string of the molecule is CC1(CNCc2cnn(-c3ccccc3)c2)COC1. The van der Waals surface area contributed by atoms with Gasteiger partial charge in [0.1, 0.15) is 0 Å². The minimum absolute atomic E-state index is 0.315. The zero-order valence-corrected chi connectivity index (χ0v) is 11.2. The molecule has 3 rings (SSSR count). The predicted molar refractivity (Wildman–Crippen MR) is 74.2 cm³/mol. The Morgan fingerprint density at radius 1 is 1.32 bits per heavy atom. The van der Waals surface area contributed by atoms with Gasteiger partial charge in [-0.25, -0.2) is 4.68 Å². The van der Waals surface area contributed by atoms with Crippen LogP contribution >= 0.6 is 0 Å². The van der Waals surface area contributed by atoms with Crippen molar-refractivity contribution in [3.63, 3.8) is 0 Å². The molecule has 1 N–H and O–H groups in total. The minimum atomic E-state index is 0.315. The molecule has 1 aromatic carbocycles. The van der Waals surface area contributed by atoms with Gasteiger partial charge in [-0.15, -0.1) is 0 Å². The zero-order valence-electron chi connectivity index (χ0n) is 11.2. The summed E-state index contributed by atoms with van der Waals surface area (Å²) in [6.45, 7) is 5.81. The molecule has 4 nitrogen and oxygen atoms in total. The highest BCUT2D eigenvalue weighted by Gasteiger charge is 2.32. The molecule has 1 aliphatic heterocycles. The van der Waals surface area contributed by atoms with Crippen LogP contribution in [0.3, 0.4) is 0 Å². The molecule has 100 valence electrons. The Kier molecular flexibility index (Phi) is 3.36. The van der Waals surface area contributed by atoms with E-state index in [1.54, 1.807) is 0 Å². The number of hydrogen-bond acceptors (Lipinski definition) is 3. The first kappa shape index (κ1) is 12.4. The third-order valence-corrected chi connectivity index (χ3v) is 3.44. The molecule has 19 heavy (non-hydrogen) atoms. The molecular weight excluding hydrogens is 238 g/mol. The summed E-state index contributed by atoms with van der Waals surface area (Å²) in [6.07, 6.45) is 3.99. The van der Waals surface area contributed by atoms with Crippen LogP contribution in [0.2, 0.25) is 0 Å². The quantitative estimate of drug-likeness (QED) is 0.890. The van der Waals surface area contributed by atoms with Gasteiger partial charge in [0.2, 0.25) is 0 Å². The Balaban J connectivity index is 1.56. The van der Waals surface area contributed by atoms with Crippen LogP contribution in [0, 0.1) is 5.41 Å². The van der Waals surface area contributed by atoms with E-state index in [1.165, 1.54) is 5.56 Å². The van der Waals surface area contributed by atoms with Crippen LogP contribution < -0.4 is 5.32 Å². The summed E-state index contributed by atoms with van der Waals surface area (Å²) in [5.74, 6) is 0. The lowest BCUT2D eigenvalue weighted by Gasteiger charge is -2.38. The first-order chi connectivity index (χ1) is 9.25. The maximum absolute atomic E-state index is 5.25. The van der Waals surface area contributed by atoms with Gasteiger partial charge < -0.3 is 10.1 Å². The Bertz CT molecular complexity index is 531. The lowest BCUT2D eigenvalue weighted by atomic mass is 9.89. The van der Waals surface area contributed by atoms with E-state index >= 15 is 0 Å². The van der Waals surface area contributed by atoms with Crippen molar-refractivity contribution in [2.45, 2.75) is 13.5 Å². The first-order valence-electron chi connectivity index (χ1n) is 6.63. The van der Waals surface area contributed by atoms with E-state index in [9.17, 15) is 0 Å². The van der Waals surface area contributed by atoms with Gasteiger partial charge in [0.15, 0.2) is 0 Å². The molecule has 0 amide bonds. The summed E-state index contributed by atoms with van der Waals surface area (Å²) in [6, 6.07) is 10.2. The van der Waals surface area contributed by atoms with Gasteiger partial charge in [0.25, 0.3) is 0 Å². The molecule has 4 heteroatoms. The molecule has 0 radical (unpaired) electrons. The molecule has 1 aliphatic rings. The van der Waals surface area contributed by atoms with Crippen molar-refractivity contribution in [1.29, 1.82) is 0 Å². The molecule has 0 atom stereocenters. The number of nitrogens with one attached hydrogen (secondary N) is 1. The van der Waals surface area contributed by atoms with Crippen molar-refractivity contribution in [3.05, 3.63) is 48.3 Å². The number of rotatable bonds is 5. The van der Waals surface area contributed by atoms with Crippen LogP contribution in [0.5, 0.6) is 0 Å².